The number of carbonyl (C=O) groups excluding carboxylic acids is 1. The van der Waals surface area contributed by atoms with Crippen molar-refractivity contribution in [2.75, 3.05) is 5.43 Å². The van der Waals surface area contributed by atoms with Gasteiger partial charge in [-0.3, -0.25) is 15.0 Å². The van der Waals surface area contributed by atoms with Crippen LogP contribution in [0.15, 0.2) is 69.5 Å². The van der Waals surface area contributed by atoms with Crippen LogP contribution in [-0.4, -0.2) is 20.6 Å². The summed E-state index contributed by atoms with van der Waals surface area (Å²) >= 11 is 4.91. The van der Waals surface area contributed by atoms with E-state index in [2.05, 4.69) is 31.3 Å². The number of nitrogens with zero attached hydrogens (tertiary/aromatic N) is 3. The van der Waals surface area contributed by atoms with Gasteiger partial charge in [0.15, 0.2) is 0 Å². The molecule has 4 rings (SSSR count). The third-order valence-electron chi connectivity index (χ3n) is 3.88. The Morgan fingerprint density at radius 1 is 1.19 bits per heavy atom. The van der Waals surface area contributed by atoms with Crippen LogP contribution in [0.25, 0.3) is 21.5 Å². The Labute approximate surface area is 166 Å². The van der Waals surface area contributed by atoms with Gasteiger partial charge >= 0.3 is 0 Å². The molecule has 2 aromatic heterocycles. The molecule has 6 nitrogen and oxygen atoms in total. The molecule has 0 atom stereocenters. The zero-order valence-corrected chi connectivity index (χ0v) is 16.3. The van der Waals surface area contributed by atoms with E-state index in [1.165, 1.54) is 17.7 Å². The highest BCUT2D eigenvalue weighted by atomic mass is 79.9. The van der Waals surface area contributed by atoms with Crippen LogP contribution in [0.2, 0.25) is 0 Å². The first-order chi connectivity index (χ1) is 13.1. The summed E-state index contributed by atoms with van der Waals surface area (Å²) in [6.07, 6.45) is 1.39. The number of benzene rings is 2. The first-order valence-electron chi connectivity index (χ1n) is 8.07. The summed E-state index contributed by atoms with van der Waals surface area (Å²) < 4.78 is 2.07. The smallest absolute Gasteiger partial charge is 0.273 e. The lowest BCUT2D eigenvalue weighted by Gasteiger charge is -2.07. The second kappa shape index (κ2) is 7.42. The second-order valence-corrected chi connectivity index (χ2v) is 7.58. The standard InChI is InChI=1S/C19H13BrN4O2S/c20-13-5-3-4-12(8-13)18-22-14(10-27-18)9-17(25)23-24-11-21-16-7-2-1-6-15(16)19(24)26/h1-8,10-11H,9H2,(H,23,25). The molecule has 0 radical (unpaired) electrons. The van der Waals surface area contributed by atoms with Crippen LogP contribution >= 0.6 is 27.3 Å². The van der Waals surface area contributed by atoms with Crippen molar-refractivity contribution in [3.8, 4) is 10.6 Å². The van der Waals surface area contributed by atoms with E-state index >= 15 is 0 Å². The zero-order chi connectivity index (χ0) is 18.8. The second-order valence-electron chi connectivity index (χ2n) is 5.80. The van der Waals surface area contributed by atoms with Crippen LogP contribution in [0.1, 0.15) is 5.69 Å². The van der Waals surface area contributed by atoms with Gasteiger partial charge in [-0.1, -0.05) is 40.2 Å². The average molecular weight is 441 g/mol. The third-order valence-corrected chi connectivity index (χ3v) is 5.31. The summed E-state index contributed by atoms with van der Waals surface area (Å²) in [7, 11) is 0. The Bertz CT molecular complexity index is 1200. The predicted molar refractivity (Wildman–Crippen MR) is 109 cm³/mol. The molecule has 0 aliphatic heterocycles. The number of carbonyl (C=O) groups is 1. The van der Waals surface area contributed by atoms with Crippen molar-refractivity contribution in [1.82, 2.24) is 14.6 Å². The number of thiazole rings is 1. The number of nitrogens with one attached hydrogen (secondary N) is 1. The number of rotatable bonds is 4. The molecule has 0 aliphatic rings. The lowest BCUT2D eigenvalue weighted by atomic mass is 10.2. The largest absolute Gasteiger partial charge is 0.280 e. The zero-order valence-electron chi connectivity index (χ0n) is 13.9. The number of para-hydroxylation sites is 1. The lowest BCUT2D eigenvalue weighted by Crippen LogP contribution is -2.34. The molecule has 1 amide bonds. The van der Waals surface area contributed by atoms with Gasteiger partial charge in [-0.15, -0.1) is 11.3 Å². The van der Waals surface area contributed by atoms with Crippen LogP contribution in [0.3, 0.4) is 0 Å². The van der Waals surface area contributed by atoms with E-state index in [0.29, 0.717) is 16.6 Å². The maximum atomic E-state index is 12.4. The monoisotopic (exact) mass is 440 g/mol. The van der Waals surface area contributed by atoms with Crippen molar-refractivity contribution >= 4 is 44.1 Å². The van der Waals surface area contributed by atoms with Crippen LogP contribution in [0.5, 0.6) is 0 Å². The number of aromatic nitrogens is 3. The topological polar surface area (TPSA) is 76.9 Å². The van der Waals surface area contributed by atoms with Gasteiger partial charge in [0.1, 0.15) is 11.3 Å². The summed E-state index contributed by atoms with van der Waals surface area (Å²) in [6, 6.07) is 14.8. The molecule has 0 saturated heterocycles. The van der Waals surface area contributed by atoms with E-state index in [0.717, 1.165) is 19.7 Å². The number of hydrogen-bond donors (Lipinski definition) is 1. The molecule has 1 N–H and O–H groups in total. The van der Waals surface area contributed by atoms with Gasteiger partial charge in [-0.25, -0.2) is 14.6 Å². The molecular weight excluding hydrogens is 428 g/mol. The molecule has 4 aromatic rings. The quantitative estimate of drug-likeness (QED) is 0.525. The number of halogens is 1. The van der Waals surface area contributed by atoms with E-state index in [4.69, 9.17) is 0 Å². The van der Waals surface area contributed by atoms with Gasteiger partial charge in [-0.05, 0) is 24.3 Å². The summed E-state index contributed by atoms with van der Waals surface area (Å²) in [4.78, 5) is 33.4. The molecule has 0 unspecified atom stereocenters. The number of fused-ring (bicyclic) bond motifs is 1. The summed E-state index contributed by atoms with van der Waals surface area (Å²) in [6.45, 7) is 0. The van der Waals surface area contributed by atoms with Crippen LogP contribution < -0.4 is 11.0 Å². The highest BCUT2D eigenvalue weighted by molar-refractivity contribution is 9.10. The van der Waals surface area contributed by atoms with Crippen molar-refractivity contribution < 1.29 is 4.79 Å². The normalized spacial score (nSPS) is 10.9. The summed E-state index contributed by atoms with van der Waals surface area (Å²) in [5.74, 6) is -0.333. The van der Waals surface area contributed by atoms with Crippen LogP contribution in [-0.2, 0) is 11.2 Å². The predicted octanol–water partition coefficient (Wildman–Crippen LogP) is 3.60. The van der Waals surface area contributed by atoms with Gasteiger partial charge in [0.2, 0.25) is 5.91 Å². The van der Waals surface area contributed by atoms with Gasteiger partial charge in [0, 0.05) is 15.4 Å². The Balaban J connectivity index is 1.50. The van der Waals surface area contributed by atoms with Crippen molar-refractivity contribution in [1.29, 1.82) is 0 Å². The molecule has 134 valence electrons. The molecule has 8 heteroatoms. The Kier molecular flexibility index (Phi) is 4.83. The Morgan fingerprint density at radius 3 is 2.89 bits per heavy atom. The minimum absolute atomic E-state index is 0.0732. The minimum atomic E-state index is -0.333. The molecular formula is C19H13BrN4O2S. The molecule has 0 aliphatic carbocycles. The van der Waals surface area contributed by atoms with E-state index in [1.807, 2.05) is 35.7 Å². The summed E-state index contributed by atoms with van der Waals surface area (Å²) in [5, 5.41) is 3.13. The Morgan fingerprint density at radius 2 is 2.04 bits per heavy atom. The highest BCUT2D eigenvalue weighted by Gasteiger charge is 2.11. The number of amides is 1. The molecule has 27 heavy (non-hydrogen) atoms. The van der Waals surface area contributed by atoms with Gasteiger partial charge in [-0.2, -0.15) is 0 Å². The van der Waals surface area contributed by atoms with Crippen molar-refractivity contribution in [3.63, 3.8) is 0 Å². The molecule has 0 saturated carbocycles. The van der Waals surface area contributed by atoms with Gasteiger partial charge < -0.3 is 0 Å². The number of hydrogen-bond acceptors (Lipinski definition) is 5. The van der Waals surface area contributed by atoms with E-state index < -0.39 is 0 Å². The third kappa shape index (κ3) is 3.81. The maximum absolute atomic E-state index is 12.4. The molecule has 2 aromatic carbocycles. The van der Waals surface area contributed by atoms with Crippen LogP contribution in [0.4, 0.5) is 0 Å². The molecule has 0 fully saturated rings. The fourth-order valence-electron chi connectivity index (χ4n) is 2.63. The van der Waals surface area contributed by atoms with Gasteiger partial charge in [0.05, 0.1) is 23.0 Å². The average Bonchev–Trinajstić information content (AvgIpc) is 3.13. The van der Waals surface area contributed by atoms with Crippen molar-refractivity contribution in [2.45, 2.75) is 6.42 Å². The molecule has 2 heterocycles. The SMILES string of the molecule is O=C(Cc1csc(-c2cccc(Br)c2)n1)Nn1cnc2ccccc2c1=O. The minimum Gasteiger partial charge on any atom is -0.273 e. The van der Waals surface area contributed by atoms with E-state index in [1.54, 1.807) is 18.2 Å². The first-order valence-corrected chi connectivity index (χ1v) is 9.74. The molecule has 0 bridgehead atoms. The van der Waals surface area contributed by atoms with Crippen LogP contribution in [0, 0.1) is 0 Å². The highest BCUT2D eigenvalue weighted by Crippen LogP contribution is 2.26. The Hall–Kier alpha value is -2.84. The van der Waals surface area contributed by atoms with Gasteiger partial charge in [0.25, 0.3) is 5.56 Å². The van der Waals surface area contributed by atoms with E-state index in [-0.39, 0.29) is 17.9 Å². The molecule has 0 spiro atoms. The lowest BCUT2D eigenvalue weighted by molar-refractivity contribution is -0.116. The first kappa shape index (κ1) is 17.6. The maximum Gasteiger partial charge on any atom is 0.280 e. The summed E-state index contributed by atoms with van der Waals surface area (Å²) in [5.41, 5.74) is 4.47. The fourth-order valence-corrected chi connectivity index (χ4v) is 3.85. The van der Waals surface area contributed by atoms with E-state index in [9.17, 15) is 9.59 Å². The van der Waals surface area contributed by atoms with Crippen molar-refractivity contribution in [3.05, 3.63) is 80.8 Å². The van der Waals surface area contributed by atoms with Crippen molar-refractivity contribution in [2.24, 2.45) is 0 Å². The fraction of sp³-hybridized carbons (Fsp3) is 0.0526.